The number of nitrogens with zero attached hydrogens (tertiary/aromatic N) is 1. The largest absolute Gasteiger partial charge is 0.390 e. The van der Waals surface area contributed by atoms with E-state index in [0.717, 1.165) is 31.7 Å². The van der Waals surface area contributed by atoms with E-state index >= 15 is 0 Å². The summed E-state index contributed by atoms with van der Waals surface area (Å²) in [7, 11) is 2.08. The van der Waals surface area contributed by atoms with E-state index in [4.69, 9.17) is 4.74 Å². The fraction of sp³-hybridized carbons (Fsp3) is 0.632. The zero-order valence-corrected chi connectivity index (χ0v) is 15.0. The number of likely N-dealkylation sites (N-methyl/N-ethyl adjacent to an activating group) is 1. The van der Waals surface area contributed by atoms with Crippen molar-refractivity contribution >= 4 is 5.91 Å². The van der Waals surface area contributed by atoms with Gasteiger partial charge in [-0.15, -0.1) is 0 Å². The van der Waals surface area contributed by atoms with Crippen molar-refractivity contribution in [1.29, 1.82) is 0 Å². The zero-order chi connectivity index (χ0) is 17.6. The van der Waals surface area contributed by atoms with Crippen molar-refractivity contribution < 1.29 is 14.6 Å². The number of rotatable bonds is 6. The molecule has 2 N–H and O–H groups in total. The molecule has 0 spiro atoms. The summed E-state index contributed by atoms with van der Waals surface area (Å²) in [5.41, 5.74) is 1.14. The lowest BCUT2D eigenvalue weighted by Crippen LogP contribution is -2.35. The van der Waals surface area contributed by atoms with Crippen molar-refractivity contribution in [1.82, 2.24) is 10.2 Å². The Balaban J connectivity index is 1.81. The van der Waals surface area contributed by atoms with Crippen LogP contribution in [0.4, 0.5) is 0 Å². The smallest absolute Gasteiger partial charge is 0.251 e. The molecule has 2 rings (SSSR count). The molecule has 1 atom stereocenters. The van der Waals surface area contributed by atoms with Gasteiger partial charge in [0, 0.05) is 31.1 Å². The molecule has 0 aromatic heterocycles. The first-order chi connectivity index (χ1) is 11.3. The van der Waals surface area contributed by atoms with Crippen molar-refractivity contribution in [3.63, 3.8) is 0 Å². The van der Waals surface area contributed by atoms with Gasteiger partial charge in [-0.05, 0) is 51.4 Å². The molecule has 1 heterocycles. The van der Waals surface area contributed by atoms with Crippen molar-refractivity contribution in [2.75, 3.05) is 39.9 Å². The molecule has 1 aliphatic rings. The second kappa shape index (κ2) is 8.60. The van der Waals surface area contributed by atoms with Crippen LogP contribution < -0.4 is 5.32 Å². The molecular weight excluding hydrogens is 304 g/mol. The number of benzene rings is 1. The monoisotopic (exact) mass is 334 g/mol. The fourth-order valence-corrected chi connectivity index (χ4v) is 2.79. The lowest BCUT2D eigenvalue weighted by Gasteiger charge is -2.19. The maximum absolute atomic E-state index is 12.3. The number of aliphatic hydroxyl groups is 1. The highest BCUT2D eigenvalue weighted by Crippen LogP contribution is 2.14. The standard InChI is InChI=1S/C19H30N2O3/c1-19(2,23)9-8-15-4-6-17(7-5-15)18(22)20-12-16-13-21(3)10-11-24-14-16/h4-7,16,23H,8-14H2,1-3H3,(H,20,22)/t16-/m0/s1. The van der Waals surface area contributed by atoms with Crippen LogP contribution in [0.2, 0.25) is 0 Å². The van der Waals surface area contributed by atoms with Gasteiger partial charge in [0.05, 0.1) is 18.8 Å². The summed E-state index contributed by atoms with van der Waals surface area (Å²) < 4.78 is 5.57. The number of ether oxygens (including phenoxy) is 1. The molecule has 0 radical (unpaired) electrons. The maximum atomic E-state index is 12.3. The molecular formula is C19H30N2O3. The minimum atomic E-state index is -0.663. The average molecular weight is 334 g/mol. The zero-order valence-electron chi connectivity index (χ0n) is 15.0. The van der Waals surface area contributed by atoms with Gasteiger partial charge in [0.1, 0.15) is 0 Å². The normalized spacial score (nSPS) is 19.8. The van der Waals surface area contributed by atoms with E-state index in [9.17, 15) is 9.90 Å². The molecule has 0 unspecified atom stereocenters. The fourth-order valence-electron chi connectivity index (χ4n) is 2.79. The molecule has 0 bridgehead atoms. The number of nitrogens with one attached hydrogen (secondary N) is 1. The van der Waals surface area contributed by atoms with E-state index in [-0.39, 0.29) is 5.91 Å². The summed E-state index contributed by atoms with van der Waals surface area (Å²) in [5.74, 6) is 0.281. The molecule has 1 aliphatic heterocycles. The molecule has 1 fully saturated rings. The lowest BCUT2D eigenvalue weighted by atomic mass is 9.98. The lowest BCUT2D eigenvalue weighted by molar-refractivity contribution is 0.0713. The predicted octanol–water partition coefficient (Wildman–Crippen LogP) is 1.70. The minimum Gasteiger partial charge on any atom is -0.390 e. The Kier molecular flexibility index (Phi) is 6.78. The second-order valence-electron chi connectivity index (χ2n) is 7.42. The van der Waals surface area contributed by atoms with Crippen LogP contribution in [0.1, 0.15) is 36.2 Å². The number of aryl methyl sites for hydroxylation is 1. The van der Waals surface area contributed by atoms with Crippen LogP contribution in [0.25, 0.3) is 0 Å². The van der Waals surface area contributed by atoms with Gasteiger partial charge in [-0.1, -0.05) is 12.1 Å². The Morgan fingerprint density at radius 3 is 2.75 bits per heavy atom. The first-order valence-electron chi connectivity index (χ1n) is 8.69. The summed E-state index contributed by atoms with van der Waals surface area (Å²) in [4.78, 5) is 14.5. The van der Waals surface area contributed by atoms with Crippen LogP contribution in [0.5, 0.6) is 0 Å². The van der Waals surface area contributed by atoms with Gasteiger partial charge in [-0.3, -0.25) is 4.79 Å². The van der Waals surface area contributed by atoms with E-state index in [1.807, 2.05) is 38.1 Å². The van der Waals surface area contributed by atoms with Crippen molar-refractivity contribution in [2.24, 2.45) is 5.92 Å². The maximum Gasteiger partial charge on any atom is 0.251 e. The van der Waals surface area contributed by atoms with Crippen molar-refractivity contribution in [2.45, 2.75) is 32.3 Å². The van der Waals surface area contributed by atoms with Gasteiger partial charge < -0.3 is 20.1 Å². The Bertz CT molecular complexity index is 522. The molecule has 1 amide bonds. The van der Waals surface area contributed by atoms with Gasteiger partial charge in [0.15, 0.2) is 0 Å². The number of hydrogen-bond donors (Lipinski definition) is 2. The van der Waals surface area contributed by atoms with E-state index in [1.54, 1.807) is 0 Å². The van der Waals surface area contributed by atoms with E-state index in [1.165, 1.54) is 0 Å². The Morgan fingerprint density at radius 2 is 2.08 bits per heavy atom. The SMILES string of the molecule is CN1CCOC[C@@H](CNC(=O)c2ccc(CCC(C)(C)O)cc2)C1. The molecule has 1 aromatic carbocycles. The predicted molar refractivity (Wildman–Crippen MR) is 95.2 cm³/mol. The first kappa shape index (κ1) is 18.9. The Morgan fingerprint density at radius 1 is 1.38 bits per heavy atom. The van der Waals surface area contributed by atoms with Crippen LogP contribution in [0, 0.1) is 5.92 Å². The van der Waals surface area contributed by atoms with Gasteiger partial charge in [0.25, 0.3) is 5.91 Å². The van der Waals surface area contributed by atoms with Crippen molar-refractivity contribution in [3.8, 4) is 0 Å². The summed E-state index contributed by atoms with van der Waals surface area (Å²) in [6, 6.07) is 7.63. The second-order valence-corrected chi connectivity index (χ2v) is 7.42. The number of amides is 1. The molecule has 134 valence electrons. The first-order valence-corrected chi connectivity index (χ1v) is 8.69. The van der Waals surface area contributed by atoms with Gasteiger partial charge in [-0.2, -0.15) is 0 Å². The molecule has 0 saturated carbocycles. The Labute approximate surface area is 145 Å². The van der Waals surface area contributed by atoms with Gasteiger partial charge >= 0.3 is 0 Å². The summed E-state index contributed by atoms with van der Waals surface area (Å²) in [5, 5.41) is 12.8. The minimum absolute atomic E-state index is 0.0454. The van der Waals surface area contributed by atoms with Crippen LogP contribution in [-0.4, -0.2) is 61.4 Å². The third-order valence-electron chi connectivity index (χ3n) is 4.33. The molecule has 24 heavy (non-hydrogen) atoms. The number of carbonyl (C=O) groups is 1. The quantitative estimate of drug-likeness (QED) is 0.831. The third kappa shape index (κ3) is 6.59. The topological polar surface area (TPSA) is 61.8 Å². The average Bonchev–Trinajstić information content (AvgIpc) is 2.74. The van der Waals surface area contributed by atoms with Crippen molar-refractivity contribution in [3.05, 3.63) is 35.4 Å². The summed E-state index contributed by atoms with van der Waals surface area (Å²) in [6.45, 7) is 7.58. The van der Waals surface area contributed by atoms with Gasteiger partial charge in [-0.25, -0.2) is 0 Å². The van der Waals surface area contributed by atoms with E-state index in [0.29, 0.717) is 31.1 Å². The van der Waals surface area contributed by atoms with Crippen LogP contribution in [0.15, 0.2) is 24.3 Å². The number of carbonyl (C=O) groups excluding carboxylic acids is 1. The Hall–Kier alpha value is -1.43. The molecule has 0 aliphatic carbocycles. The highest BCUT2D eigenvalue weighted by atomic mass is 16.5. The summed E-state index contributed by atoms with van der Waals surface area (Å²) in [6.07, 6.45) is 1.50. The molecule has 1 saturated heterocycles. The van der Waals surface area contributed by atoms with Gasteiger partial charge in [0.2, 0.25) is 0 Å². The van der Waals surface area contributed by atoms with Crippen LogP contribution in [-0.2, 0) is 11.2 Å². The summed E-state index contributed by atoms with van der Waals surface area (Å²) >= 11 is 0. The third-order valence-corrected chi connectivity index (χ3v) is 4.33. The van der Waals surface area contributed by atoms with Crippen LogP contribution >= 0.6 is 0 Å². The van der Waals surface area contributed by atoms with E-state index in [2.05, 4.69) is 17.3 Å². The highest BCUT2D eigenvalue weighted by molar-refractivity contribution is 5.94. The highest BCUT2D eigenvalue weighted by Gasteiger charge is 2.17. The van der Waals surface area contributed by atoms with Crippen LogP contribution in [0.3, 0.4) is 0 Å². The van der Waals surface area contributed by atoms with E-state index < -0.39 is 5.60 Å². The molecule has 5 nitrogen and oxygen atoms in total. The number of hydrogen-bond acceptors (Lipinski definition) is 4. The molecule has 1 aromatic rings. The molecule has 5 heteroatoms.